The second-order valence-corrected chi connectivity index (χ2v) is 11.5. The van der Waals surface area contributed by atoms with Gasteiger partial charge >= 0.3 is 0 Å². The van der Waals surface area contributed by atoms with Crippen LogP contribution in [0.2, 0.25) is 0 Å². The number of H-pyrrole nitrogens is 1. The van der Waals surface area contributed by atoms with E-state index in [4.69, 9.17) is 0 Å². The number of hydrogen-bond acceptors (Lipinski definition) is 6. The molecule has 1 aromatic carbocycles. The quantitative estimate of drug-likeness (QED) is 0.558. The highest BCUT2D eigenvalue weighted by Crippen LogP contribution is 2.28. The third kappa shape index (κ3) is 6.32. The number of carbonyl (C=O) groups excluding carboxylic acids is 1. The molecule has 174 valence electrons. The maximum Gasteiger partial charge on any atom is 0.233 e. The summed E-state index contributed by atoms with van der Waals surface area (Å²) in [6, 6.07) is 9.18. The van der Waals surface area contributed by atoms with Crippen LogP contribution in [-0.2, 0) is 27.0 Å². The summed E-state index contributed by atoms with van der Waals surface area (Å²) >= 11 is 1.33. The number of aryl methyl sites for hydroxylation is 1. The minimum atomic E-state index is -3.38. The number of thioether (sulfide) groups is 1. The molecular weight excluding hydrogens is 446 g/mol. The van der Waals surface area contributed by atoms with Gasteiger partial charge in [-0.2, -0.15) is 4.31 Å². The molecule has 1 N–H and O–H groups in total. The van der Waals surface area contributed by atoms with E-state index in [9.17, 15) is 13.2 Å². The molecular formula is C22H31N5O3S2. The Morgan fingerprint density at radius 1 is 1.09 bits per heavy atom. The van der Waals surface area contributed by atoms with Crippen LogP contribution in [0.3, 0.4) is 0 Å². The Labute approximate surface area is 194 Å². The number of piperazine rings is 1. The van der Waals surface area contributed by atoms with Gasteiger partial charge < -0.3 is 4.90 Å². The van der Waals surface area contributed by atoms with Gasteiger partial charge in [-0.3, -0.25) is 9.89 Å². The minimum absolute atomic E-state index is 0.00703. The Balaban J connectivity index is 1.19. The number of aromatic nitrogens is 3. The van der Waals surface area contributed by atoms with Gasteiger partial charge in [-0.05, 0) is 17.9 Å². The molecule has 1 saturated carbocycles. The first-order valence-corrected chi connectivity index (χ1v) is 13.9. The maximum atomic E-state index is 12.7. The van der Waals surface area contributed by atoms with Crippen LogP contribution in [0.1, 0.15) is 43.5 Å². The van der Waals surface area contributed by atoms with E-state index in [0.29, 0.717) is 31.3 Å². The first-order valence-electron chi connectivity index (χ1n) is 11.3. The second kappa shape index (κ2) is 10.8. The van der Waals surface area contributed by atoms with Gasteiger partial charge in [0.25, 0.3) is 0 Å². The van der Waals surface area contributed by atoms with Crippen LogP contribution < -0.4 is 0 Å². The molecule has 1 amide bonds. The molecule has 0 spiro atoms. The maximum absolute atomic E-state index is 12.7. The highest BCUT2D eigenvalue weighted by molar-refractivity contribution is 7.99. The molecule has 0 radical (unpaired) electrons. The molecule has 2 heterocycles. The van der Waals surface area contributed by atoms with Gasteiger partial charge in [-0.15, -0.1) is 5.10 Å². The highest BCUT2D eigenvalue weighted by Gasteiger charge is 2.29. The van der Waals surface area contributed by atoms with Gasteiger partial charge in [-0.1, -0.05) is 67.8 Å². The first-order chi connectivity index (χ1) is 15.5. The molecule has 1 aliphatic heterocycles. The number of nitrogens with one attached hydrogen (secondary N) is 1. The van der Waals surface area contributed by atoms with Crippen molar-refractivity contribution < 1.29 is 13.2 Å². The van der Waals surface area contributed by atoms with Crippen molar-refractivity contribution in [1.29, 1.82) is 0 Å². The zero-order valence-corrected chi connectivity index (χ0v) is 19.9. The molecule has 8 nitrogen and oxygen atoms in total. The van der Waals surface area contributed by atoms with Crippen LogP contribution in [0.25, 0.3) is 0 Å². The highest BCUT2D eigenvalue weighted by atomic mass is 32.2. The van der Waals surface area contributed by atoms with Crippen LogP contribution in [0.15, 0.2) is 35.5 Å². The number of carbonyl (C=O) groups is 1. The Kier molecular flexibility index (Phi) is 7.85. The zero-order valence-electron chi connectivity index (χ0n) is 18.3. The van der Waals surface area contributed by atoms with Crippen molar-refractivity contribution in [2.75, 3.05) is 31.9 Å². The molecule has 0 unspecified atom stereocenters. The predicted molar refractivity (Wildman–Crippen MR) is 125 cm³/mol. The summed E-state index contributed by atoms with van der Waals surface area (Å²) in [5.74, 6) is 1.95. The van der Waals surface area contributed by atoms with E-state index in [0.717, 1.165) is 30.1 Å². The first kappa shape index (κ1) is 23.3. The lowest BCUT2D eigenvalue weighted by atomic mass is 10.0. The van der Waals surface area contributed by atoms with E-state index in [1.165, 1.54) is 41.8 Å². The van der Waals surface area contributed by atoms with Crippen molar-refractivity contribution in [3.05, 3.63) is 41.7 Å². The van der Waals surface area contributed by atoms with Crippen molar-refractivity contribution in [1.82, 2.24) is 24.4 Å². The average molecular weight is 478 g/mol. The molecule has 32 heavy (non-hydrogen) atoms. The van der Waals surface area contributed by atoms with Gasteiger partial charge in [0.1, 0.15) is 5.82 Å². The van der Waals surface area contributed by atoms with Gasteiger partial charge in [0.15, 0.2) is 0 Å². The lowest BCUT2D eigenvalue weighted by Crippen LogP contribution is -2.51. The molecule has 2 aliphatic rings. The van der Waals surface area contributed by atoms with Crippen LogP contribution in [0.4, 0.5) is 0 Å². The topological polar surface area (TPSA) is 99.3 Å². The molecule has 1 saturated heterocycles. The molecule has 0 atom stereocenters. The molecule has 10 heteroatoms. The van der Waals surface area contributed by atoms with E-state index >= 15 is 0 Å². The third-order valence-electron chi connectivity index (χ3n) is 6.28. The second-order valence-electron chi connectivity index (χ2n) is 8.56. The SMILES string of the molecule is O=C(CSc1n[nH]c(CCC2CCCC2)n1)N1CCN(S(=O)(=O)Cc2ccccc2)CC1. The Morgan fingerprint density at radius 3 is 2.53 bits per heavy atom. The normalized spacial score (nSPS) is 18.3. The number of aromatic amines is 1. The number of nitrogens with zero attached hydrogens (tertiary/aromatic N) is 4. The Hall–Kier alpha value is -1.91. The number of rotatable bonds is 9. The number of benzene rings is 1. The van der Waals surface area contributed by atoms with Crippen molar-refractivity contribution in [3.63, 3.8) is 0 Å². The summed E-state index contributed by atoms with van der Waals surface area (Å²) in [5.41, 5.74) is 0.775. The molecule has 4 rings (SSSR count). The lowest BCUT2D eigenvalue weighted by molar-refractivity contribution is -0.129. The van der Waals surface area contributed by atoms with Crippen molar-refractivity contribution in [2.24, 2.45) is 5.92 Å². The van der Waals surface area contributed by atoms with Crippen LogP contribution in [0, 0.1) is 5.92 Å². The van der Waals surface area contributed by atoms with Gasteiger partial charge in [0.05, 0.1) is 11.5 Å². The van der Waals surface area contributed by atoms with E-state index in [2.05, 4.69) is 15.2 Å². The van der Waals surface area contributed by atoms with Crippen LogP contribution >= 0.6 is 11.8 Å². The number of hydrogen-bond donors (Lipinski definition) is 1. The summed E-state index contributed by atoms with van der Waals surface area (Å²) in [5, 5.41) is 7.83. The van der Waals surface area contributed by atoms with Gasteiger partial charge in [0, 0.05) is 32.6 Å². The number of sulfonamides is 1. The Bertz CT molecular complexity index is 982. The predicted octanol–water partition coefficient (Wildman–Crippen LogP) is 2.69. The van der Waals surface area contributed by atoms with E-state index in [1.54, 1.807) is 4.90 Å². The van der Waals surface area contributed by atoms with Crippen LogP contribution in [-0.4, -0.2) is 70.6 Å². The molecule has 1 aliphatic carbocycles. The summed E-state index contributed by atoms with van der Waals surface area (Å²) in [6.45, 7) is 1.48. The Morgan fingerprint density at radius 2 is 1.81 bits per heavy atom. The summed E-state index contributed by atoms with van der Waals surface area (Å²) < 4.78 is 26.8. The smallest absolute Gasteiger partial charge is 0.233 e. The van der Waals surface area contributed by atoms with Crippen molar-refractivity contribution in [3.8, 4) is 0 Å². The molecule has 2 aromatic rings. The largest absolute Gasteiger partial charge is 0.339 e. The van der Waals surface area contributed by atoms with Gasteiger partial charge in [-0.25, -0.2) is 13.4 Å². The molecule has 0 bridgehead atoms. The van der Waals surface area contributed by atoms with E-state index < -0.39 is 10.0 Å². The van der Waals surface area contributed by atoms with Gasteiger partial charge in [0.2, 0.25) is 21.1 Å². The fourth-order valence-electron chi connectivity index (χ4n) is 4.40. The van der Waals surface area contributed by atoms with Crippen molar-refractivity contribution in [2.45, 2.75) is 49.4 Å². The number of amides is 1. The minimum Gasteiger partial charge on any atom is -0.339 e. The standard InChI is InChI=1S/C22H31N5O3S2/c28-21(16-31-22-23-20(24-25-22)11-10-18-6-4-5-7-18)26-12-14-27(15-13-26)32(29,30)17-19-8-2-1-3-9-19/h1-3,8-9,18H,4-7,10-17H2,(H,23,24,25). The molecule has 2 fully saturated rings. The lowest BCUT2D eigenvalue weighted by Gasteiger charge is -2.34. The summed E-state index contributed by atoms with van der Waals surface area (Å²) in [7, 11) is -3.38. The average Bonchev–Trinajstić information content (AvgIpc) is 3.48. The molecule has 1 aromatic heterocycles. The van der Waals surface area contributed by atoms with Crippen molar-refractivity contribution >= 4 is 27.7 Å². The van der Waals surface area contributed by atoms with Crippen LogP contribution in [0.5, 0.6) is 0 Å². The summed E-state index contributed by atoms with van der Waals surface area (Å²) in [6.07, 6.45) is 7.40. The fraction of sp³-hybridized carbons (Fsp3) is 0.591. The monoisotopic (exact) mass is 477 g/mol. The fourth-order valence-corrected chi connectivity index (χ4v) is 6.64. The third-order valence-corrected chi connectivity index (χ3v) is 8.96. The summed E-state index contributed by atoms with van der Waals surface area (Å²) in [4.78, 5) is 18.8. The van der Waals surface area contributed by atoms with E-state index in [1.807, 2.05) is 30.3 Å². The zero-order chi connectivity index (χ0) is 22.4. The van der Waals surface area contributed by atoms with E-state index in [-0.39, 0.29) is 17.4 Å².